The Morgan fingerprint density at radius 3 is 2.09 bits per heavy atom. The average molecular weight is 273 g/mol. The molecule has 0 amide bonds. The molecule has 1 aliphatic rings. The summed E-state index contributed by atoms with van der Waals surface area (Å²) in [6.45, 7) is 4.62. The van der Waals surface area contributed by atoms with E-state index in [0.717, 1.165) is 11.8 Å². The minimum atomic E-state index is 0. The van der Waals surface area contributed by atoms with Gasteiger partial charge in [-0.25, -0.2) is 0 Å². The fourth-order valence-electron chi connectivity index (χ4n) is 1.47. The van der Waals surface area contributed by atoms with Crippen LogP contribution in [0.4, 0.5) is 0 Å². The fraction of sp³-hybridized carbons (Fsp3) is 0.875. The molecule has 0 aliphatic heterocycles. The Morgan fingerprint density at radius 1 is 1.36 bits per heavy atom. The van der Waals surface area contributed by atoms with Crippen LogP contribution in [0.3, 0.4) is 0 Å². The molecule has 2 atom stereocenters. The fourth-order valence-corrected chi connectivity index (χ4v) is 1.47. The number of rotatable bonds is 1. The van der Waals surface area contributed by atoms with Gasteiger partial charge in [-0.3, -0.25) is 0 Å². The minimum Gasteiger partial charge on any atom is -1.00 e. The van der Waals surface area contributed by atoms with Crippen LogP contribution in [-0.4, -0.2) is 0 Å². The molecular formula is C8H15Cl2Zr. The van der Waals surface area contributed by atoms with Crippen molar-refractivity contribution in [1.29, 1.82) is 0 Å². The van der Waals surface area contributed by atoms with Gasteiger partial charge in [-0.05, 0) is 0 Å². The van der Waals surface area contributed by atoms with E-state index in [1.54, 1.807) is 0 Å². The molecule has 0 aromatic heterocycles. The Morgan fingerprint density at radius 2 is 1.91 bits per heavy atom. The van der Waals surface area contributed by atoms with E-state index >= 15 is 0 Å². The van der Waals surface area contributed by atoms with E-state index in [1.165, 1.54) is 19.3 Å². The van der Waals surface area contributed by atoms with Gasteiger partial charge < -0.3 is 31.2 Å². The van der Waals surface area contributed by atoms with Gasteiger partial charge in [0.05, 0.1) is 0 Å². The van der Waals surface area contributed by atoms with Gasteiger partial charge >= 0.3 is 26.2 Å². The predicted molar refractivity (Wildman–Crippen MR) is 36.5 cm³/mol. The molecule has 3 heteroatoms. The maximum absolute atomic E-state index is 2.48. The molecule has 0 heterocycles. The molecule has 0 spiro atoms. The van der Waals surface area contributed by atoms with Crippen molar-refractivity contribution >= 4 is 0 Å². The van der Waals surface area contributed by atoms with E-state index < -0.39 is 0 Å². The van der Waals surface area contributed by atoms with Crippen LogP contribution in [0.5, 0.6) is 0 Å². The van der Waals surface area contributed by atoms with E-state index in [9.17, 15) is 0 Å². The molecule has 1 fully saturated rings. The first-order chi connectivity index (χ1) is 3.83. The summed E-state index contributed by atoms with van der Waals surface area (Å²) in [5.41, 5.74) is 0. The molecule has 1 radical (unpaired) electrons. The summed E-state index contributed by atoms with van der Waals surface area (Å²) in [6.07, 6.45) is 6.63. The van der Waals surface area contributed by atoms with E-state index in [2.05, 4.69) is 20.3 Å². The average Bonchev–Trinajstić information content (AvgIpc) is 2.14. The molecule has 0 aromatic rings. The monoisotopic (exact) mass is 271 g/mol. The minimum absolute atomic E-state index is 0. The van der Waals surface area contributed by atoms with Crippen LogP contribution in [0.15, 0.2) is 0 Å². The van der Waals surface area contributed by atoms with Crippen LogP contribution < -0.4 is 24.8 Å². The third-order valence-electron chi connectivity index (χ3n) is 2.10. The predicted octanol–water partition coefficient (Wildman–Crippen LogP) is -3.35. The molecule has 2 unspecified atom stereocenters. The summed E-state index contributed by atoms with van der Waals surface area (Å²) < 4.78 is 0. The van der Waals surface area contributed by atoms with Crippen LogP contribution >= 0.6 is 0 Å². The topological polar surface area (TPSA) is 0 Å². The van der Waals surface area contributed by atoms with Crippen molar-refractivity contribution in [2.24, 2.45) is 11.8 Å². The summed E-state index contributed by atoms with van der Waals surface area (Å²) in [7, 11) is 0. The normalized spacial score (nSPS) is 27.8. The van der Waals surface area contributed by atoms with Gasteiger partial charge in [-0.15, -0.1) is 0 Å². The summed E-state index contributed by atoms with van der Waals surface area (Å²) >= 11 is 0. The quantitative estimate of drug-likeness (QED) is 0.438. The van der Waals surface area contributed by atoms with Gasteiger partial charge in [0.15, 0.2) is 0 Å². The van der Waals surface area contributed by atoms with Gasteiger partial charge in [-0.1, -0.05) is 32.6 Å². The molecule has 0 saturated heterocycles. The second-order valence-electron chi connectivity index (χ2n) is 2.98. The number of hydrogen-bond acceptors (Lipinski definition) is 0. The SMILES string of the molecule is CCC1[CH-]CC(C)C1.[Cl-].[Cl-].[Zr+3]. The zero-order valence-corrected chi connectivity index (χ0v) is 11.1. The van der Waals surface area contributed by atoms with Gasteiger partial charge in [0.2, 0.25) is 0 Å². The van der Waals surface area contributed by atoms with E-state index in [0.29, 0.717) is 0 Å². The van der Waals surface area contributed by atoms with Crippen molar-refractivity contribution in [2.75, 3.05) is 0 Å². The van der Waals surface area contributed by atoms with Crippen molar-refractivity contribution in [3.63, 3.8) is 0 Å². The van der Waals surface area contributed by atoms with Crippen molar-refractivity contribution in [3.8, 4) is 0 Å². The molecule has 1 saturated carbocycles. The van der Waals surface area contributed by atoms with E-state index in [-0.39, 0.29) is 51.0 Å². The molecule has 65 valence electrons. The summed E-state index contributed by atoms with van der Waals surface area (Å²) in [5.74, 6) is 1.92. The number of hydrogen-bond donors (Lipinski definition) is 0. The van der Waals surface area contributed by atoms with Crippen molar-refractivity contribution in [3.05, 3.63) is 6.42 Å². The van der Waals surface area contributed by atoms with Crippen LogP contribution in [0.1, 0.15) is 33.1 Å². The smallest absolute Gasteiger partial charge is 1.00 e. The maximum atomic E-state index is 2.48. The third-order valence-corrected chi connectivity index (χ3v) is 2.10. The second-order valence-corrected chi connectivity index (χ2v) is 2.98. The summed E-state index contributed by atoms with van der Waals surface area (Å²) in [5, 5.41) is 0. The molecule has 11 heavy (non-hydrogen) atoms. The Balaban J connectivity index is -0.000000213. The van der Waals surface area contributed by atoms with Gasteiger partial charge in [0.1, 0.15) is 0 Å². The Kier molecular flexibility index (Phi) is 15.9. The molecule has 1 aliphatic carbocycles. The van der Waals surface area contributed by atoms with Crippen molar-refractivity contribution in [1.82, 2.24) is 0 Å². The first-order valence-corrected chi connectivity index (χ1v) is 3.66. The van der Waals surface area contributed by atoms with Gasteiger partial charge in [-0.2, -0.15) is 12.3 Å². The standard InChI is InChI=1S/C8H15.2ClH.Zr/c1-3-8-5-4-7(2)6-8;;;/h5,7-8H,3-4,6H2,1-2H3;2*1H;/q-1;;;+3/p-2. The van der Waals surface area contributed by atoms with E-state index in [4.69, 9.17) is 0 Å². The molecule has 0 N–H and O–H groups in total. The zero-order chi connectivity index (χ0) is 5.98. The molecular weight excluding hydrogens is 258 g/mol. The Bertz CT molecular complexity index is 78.5. The van der Waals surface area contributed by atoms with Crippen molar-refractivity contribution in [2.45, 2.75) is 33.1 Å². The van der Waals surface area contributed by atoms with Crippen molar-refractivity contribution < 1.29 is 51.0 Å². The third kappa shape index (κ3) is 6.61. The van der Waals surface area contributed by atoms with Crippen LogP contribution in [0, 0.1) is 18.3 Å². The van der Waals surface area contributed by atoms with Crippen LogP contribution in [0.25, 0.3) is 0 Å². The first kappa shape index (κ1) is 18.3. The van der Waals surface area contributed by atoms with Crippen LogP contribution in [-0.2, 0) is 26.2 Å². The molecule has 0 nitrogen and oxygen atoms in total. The molecule has 0 aromatic carbocycles. The largest absolute Gasteiger partial charge is 3.00 e. The van der Waals surface area contributed by atoms with Gasteiger partial charge in [0, 0.05) is 0 Å². The molecule has 0 bridgehead atoms. The summed E-state index contributed by atoms with van der Waals surface area (Å²) in [6, 6.07) is 0. The zero-order valence-electron chi connectivity index (χ0n) is 7.11. The number of halogens is 2. The summed E-state index contributed by atoms with van der Waals surface area (Å²) in [4.78, 5) is 0. The van der Waals surface area contributed by atoms with Gasteiger partial charge in [0.25, 0.3) is 0 Å². The second kappa shape index (κ2) is 9.55. The van der Waals surface area contributed by atoms with E-state index in [1.807, 2.05) is 0 Å². The maximum Gasteiger partial charge on any atom is 3.00 e. The molecule has 1 rings (SSSR count). The Labute approximate surface area is 102 Å². The van der Waals surface area contributed by atoms with Crippen LogP contribution in [0.2, 0.25) is 0 Å². The first-order valence-electron chi connectivity index (χ1n) is 3.66. The Hall–Kier alpha value is 1.46.